The Morgan fingerprint density at radius 3 is 2.36 bits per heavy atom. The first-order valence-corrected chi connectivity index (χ1v) is 11.5. The average molecular weight is 527 g/mol. The molecular weight excluding hydrogens is 503 g/mol. The van der Waals surface area contributed by atoms with Crippen molar-refractivity contribution >= 4 is 35.2 Å². The molecule has 9 heteroatoms. The largest absolute Gasteiger partial charge is 0.497 e. The van der Waals surface area contributed by atoms with Gasteiger partial charge in [-0.2, -0.15) is 5.26 Å². The number of amides is 1. The molecule has 0 atom stereocenters. The topological polar surface area (TPSA) is 89.8 Å². The van der Waals surface area contributed by atoms with Crippen LogP contribution in [0.3, 0.4) is 0 Å². The average Bonchev–Trinajstić information content (AvgIpc) is 2.91. The number of nitrogens with zero attached hydrogens (tertiary/aromatic N) is 1. The van der Waals surface area contributed by atoms with E-state index in [0.717, 1.165) is 11.1 Å². The maximum Gasteiger partial charge on any atom is 0.262 e. The van der Waals surface area contributed by atoms with Crippen LogP contribution in [0, 0.1) is 11.3 Å². The van der Waals surface area contributed by atoms with E-state index in [1.54, 1.807) is 55.6 Å². The molecule has 0 saturated heterocycles. The van der Waals surface area contributed by atoms with E-state index >= 15 is 0 Å². The molecule has 0 aliphatic heterocycles. The predicted octanol–water partition coefficient (Wildman–Crippen LogP) is 5.82. The minimum atomic E-state index is -0.519. The van der Waals surface area contributed by atoms with Crippen molar-refractivity contribution in [1.29, 1.82) is 5.26 Å². The first-order chi connectivity index (χ1) is 17.4. The fraction of sp³-hybridized carbons (Fsp3) is 0.185. The number of nitriles is 1. The highest BCUT2D eigenvalue weighted by Crippen LogP contribution is 2.31. The number of rotatable bonds is 10. The van der Waals surface area contributed by atoms with Crippen LogP contribution in [0.25, 0.3) is 6.08 Å². The van der Waals surface area contributed by atoms with Gasteiger partial charge in [0.2, 0.25) is 0 Å². The van der Waals surface area contributed by atoms with Crippen molar-refractivity contribution in [2.45, 2.75) is 13.2 Å². The molecule has 1 amide bonds. The summed E-state index contributed by atoms with van der Waals surface area (Å²) in [5, 5.41) is 13.2. The lowest BCUT2D eigenvalue weighted by Gasteiger charge is -2.12. The Hall–Kier alpha value is -3.86. The molecule has 3 aromatic carbocycles. The van der Waals surface area contributed by atoms with Crippen molar-refractivity contribution in [1.82, 2.24) is 5.32 Å². The summed E-state index contributed by atoms with van der Waals surface area (Å²) in [5.74, 6) is 1.63. The summed E-state index contributed by atoms with van der Waals surface area (Å²) in [5.41, 5.74) is 2.12. The molecule has 0 saturated carbocycles. The van der Waals surface area contributed by atoms with Gasteiger partial charge in [0.15, 0.2) is 11.5 Å². The highest BCUT2D eigenvalue weighted by molar-refractivity contribution is 6.42. The van der Waals surface area contributed by atoms with Crippen molar-refractivity contribution in [3.8, 4) is 29.1 Å². The first kappa shape index (κ1) is 26.7. The number of halogens is 2. The van der Waals surface area contributed by atoms with Crippen molar-refractivity contribution < 1.29 is 23.7 Å². The summed E-state index contributed by atoms with van der Waals surface area (Å²) < 4.78 is 21.8. The Labute approximate surface area is 219 Å². The van der Waals surface area contributed by atoms with E-state index < -0.39 is 5.91 Å². The van der Waals surface area contributed by atoms with Crippen molar-refractivity contribution in [3.05, 3.63) is 86.9 Å². The number of benzene rings is 3. The molecule has 0 spiro atoms. The van der Waals surface area contributed by atoms with Crippen LogP contribution >= 0.6 is 23.2 Å². The summed E-state index contributed by atoms with van der Waals surface area (Å²) in [6.07, 6.45) is 1.48. The van der Waals surface area contributed by atoms with Crippen molar-refractivity contribution in [2.75, 3.05) is 21.3 Å². The molecule has 0 radical (unpaired) electrons. The Balaban J connectivity index is 1.70. The fourth-order valence-corrected chi connectivity index (χ4v) is 3.59. The summed E-state index contributed by atoms with van der Waals surface area (Å²) in [6.45, 7) is 0.430. The second-order valence-electron chi connectivity index (χ2n) is 7.48. The Morgan fingerprint density at radius 1 is 0.917 bits per heavy atom. The van der Waals surface area contributed by atoms with Gasteiger partial charge in [-0.25, -0.2) is 0 Å². The van der Waals surface area contributed by atoms with Crippen LogP contribution in [0.2, 0.25) is 10.0 Å². The third kappa shape index (κ3) is 6.85. The summed E-state index contributed by atoms with van der Waals surface area (Å²) in [7, 11) is 4.60. The van der Waals surface area contributed by atoms with Crippen LogP contribution < -0.4 is 24.3 Å². The third-order valence-corrected chi connectivity index (χ3v) is 5.91. The molecule has 7 nitrogen and oxygen atoms in total. The molecule has 1 N–H and O–H groups in total. The third-order valence-electron chi connectivity index (χ3n) is 5.18. The van der Waals surface area contributed by atoms with Gasteiger partial charge in [0.25, 0.3) is 5.91 Å². The summed E-state index contributed by atoms with van der Waals surface area (Å²) >= 11 is 12.0. The highest BCUT2D eigenvalue weighted by Gasteiger charge is 2.13. The molecule has 0 heterocycles. The molecule has 3 rings (SSSR count). The SMILES string of the molecule is COc1ccc(CNC(=O)/C(C#N)=C/c2ccc(OCc3ccc(Cl)c(Cl)c3)c(OC)c2)c(OC)c1. The van der Waals surface area contributed by atoms with E-state index in [0.29, 0.717) is 38.6 Å². The first-order valence-electron chi connectivity index (χ1n) is 10.7. The minimum Gasteiger partial charge on any atom is -0.497 e. The minimum absolute atomic E-state index is 0.0611. The number of ether oxygens (including phenoxy) is 4. The van der Waals surface area contributed by atoms with E-state index in [1.165, 1.54) is 20.3 Å². The number of carbonyl (C=O) groups is 1. The maximum absolute atomic E-state index is 12.7. The van der Waals surface area contributed by atoms with Gasteiger partial charge in [0.1, 0.15) is 29.7 Å². The molecule has 0 aromatic heterocycles. The van der Waals surface area contributed by atoms with Gasteiger partial charge in [0.05, 0.1) is 31.4 Å². The zero-order valence-corrected chi connectivity index (χ0v) is 21.4. The summed E-state index contributed by atoms with van der Waals surface area (Å²) in [6, 6.07) is 17.6. The monoisotopic (exact) mass is 526 g/mol. The smallest absolute Gasteiger partial charge is 0.262 e. The lowest BCUT2D eigenvalue weighted by molar-refractivity contribution is -0.117. The molecule has 186 valence electrons. The normalized spacial score (nSPS) is 10.8. The lowest BCUT2D eigenvalue weighted by atomic mass is 10.1. The molecule has 3 aromatic rings. The van der Waals surface area contributed by atoms with E-state index in [9.17, 15) is 10.1 Å². The molecule has 0 aliphatic carbocycles. The molecular formula is C27H24Cl2N2O5. The van der Waals surface area contributed by atoms with Crippen LogP contribution in [0.15, 0.2) is 60.2 Å². The van der Waals surface area contributed by atoms with Gasteiger partial charge < -0.3 is 24.3 Å². The van der Waals surface area contributed by atoms with Crippen LogP contribution in [-0.4, -0.2) is 27.2 Å². The maximum atomic E-state index is 12.7. The predicted molar refractivity (Wildman–Crippen MR) is 139 cm³/mol. The fourth-order valence-electron chi connectivity index (χ4n) is 3.27. The van der Waals surface area contributed by atoms with E-state index in [4.69, 9.17) is 42.1 Å². The molecule has 0 unspecified atom stereocenters. The Morgan fingerprint density at radius 2 is 1.69 bits per heavy atom. The van der Waals surface area contributed by atoms with Gasteiger partial charge in [-0.1, -0.05) is 35.3 Å². The van der Waals surface area contributed by atoms with Crippen LogP contribution in [0.5, 0.6) is 23.0 Å². The number of hydrogen-bond donors (Lipinski definition) is 1. The standard InChI is InChI=1S/C27H24Cl2N2O5/c1-33-21-7-6-19(25(13-21)34-2)15-31-27(32)20(14-30)10-17-5-9-24(26(12-17)35-3)36-16-18-4-8-22(28)23(29)11-18/h4-13H,15-16H2,1-3H3,(H,31,32)/b20-10+. The van der Waals surface area contributed by atoms with Gasteiger partial charge >= 0.3 is 0 Å². The second kappa shape index (κ2) is 12.7. The van der Waals surface area contributed by atoms with Crippen molar-refractivity contribution in [3.63, 3.8) is 0 Å². The zero-order valence-electron chi connectivity index (χ0n) is 19.9. The van der Waals surface area contributed by atoms with Gasteiger partial charge in [-0.3, -0.25) is 4.79 Å². The molecule has 36 heavy (non-hydrogen) atoms. The molecule has 0 fully saturated rings. The summed E-state index contributed by atoms with van der Waals surface area (Å²) in [4.78, 5) is 12.7. The number of methoxy groups -OCH3 is 3. The Kier molecular flexibility index (Phi) is 9.46. The van der Waals surface area contributed by atoms with E-state index in [1.807, 2.05) is 12.1 Å². The van der Waals surface area contributed by atoms with Gasteiger partial charge in [0, 0.05) is 18.2 Å². The second-order valence-corrected chi connectivity index (χ2v) is 8.29. The van der Waals surface area contributed by atoms with Crippen LogP contribution in [0.1, 0.15) is 16.7 Å². The number of carbonyl (C=O) groups excluding carboxylic acids is 1. The zero-order chi connectivity index (χ0) is 26.1. The quantitative estimate of drug-likeness (QED) is 0.264. The molecule has 0 aliphatic rings. The van der Waals surface area contributed by atoms with Crippen LogP contribution in [0.4, 0.5) is 0 Å². The number of hydrogen-bond acceptors (Lipinski definition) is 6. The number of nitrogens with one attached hydrogen (secondary N) is 1. The van der Waals surface area contributed by atoms with Gasteiger partial charge in [-0.05, 0) is 53.6 Å². The molecule has 0 bridgehead atoms. The Bertz CT molecular complexity index is 1320. The van der Waals surface area contributed by atoms with Crippen molar-refractivity contribution in [2.24, 2.45) is 0 Å². The van der Waals surface area contributed by atoms with E-state index in [2.05, 4.69) is 5.32 Å². The lowest BCUT2D eigenvalue weighted by Crippen LogP contribution is -2.24. The van der Waals surface area contributed by atoms with Gasteiger partial charge in [-0.15, -0.1) is 0 Å². The van der Waals surface area contributed by atoms with Crippen LogP contribution in [-0.2, 0) is 17.9 Å². The van der Waals surface area contributed by atoms with E-state index in [-0.39, 0.29) is 18.7 Å². The highest BCUT2D eigenvalue weighted by atomic mass is 35.5.